The van der Waals surface area contributed by atoms with Gasteiger partial charge in [0.25, 0.3) is 0 Å². The molecular formula is C17H27ClN2O. The van der Waals surface area contributed by atoms with E-state index in [1.807, 2.05) is 19.1 Å². The van der Waals surface area contributed by atoms with Gasteiger partial charge in [0.15, 0.2) is 0 Å². The minimum absolute atomic E-state index is 0.545. The fourth-order valence-electron chi connectivity index (χ4n) is 2.94. The Morgan fingerprint density at radius 3 is 2.90 bits per heavy atom. The fraction of sp³-hybridized carbons (Fsp3) is 0.647. The molecule has 1 atom stereocenters. The number of anilines is 1. The third-order valence-corrected chi connectivity index (χ3v) is 4.50. The van der Waals surface area contributed by atoms with Crippen LogP contribution in [0, 0.1) is 0 Å². The summed E-state index contributed by atoms with van der Waals surface area (Å²) < 4.78 is 0. The van der Waals surface area contributed by atoms with Crippen LogP contribution in [0.1, 0.15) is 45.1 Å². The maximum absolute atomic E-state index is 10.3. The summed E-state index contributed by atoms with van der Waals surface area (Å²) in [6.07, 6.45) is 3.78. The Hall–Kier alpha value is -0.770. The molecule has 1 fully saturated rings. The van der Waals surface area contributed by atoms with Gasteiger partial charge >= 0.3 is 0 Å². The van der Waals surface area contributed by atoms with Gasteiger partial charge in [-0.15, -0.1) is 0 Å². The number of hydrogen-bond donors (Lipinski definition) is 2. The van der Waals surface area contributed by atoms with Crippen molar-refractivity contribution in [1.82, 2.24) is 5.32 Å². The molecule has 0 aliphatic carbocycles. The van der Waals surface area contributed by atoms with E-state index in [9.17, 15) is 5.11 Å². The fourth-order valence-corrected chi connectivity index (χ4v) is 3.26. The highest BCUT2D eigenvalue weighted by atomic mass is 35.5. The summed E-state index contributed by atoms with van der Waals surface area (Å²) in [7, 11) is 0. The molecule has 0 amide bonds. The number of rotatable bonds is 5. The lowest BCUT2D eigenvalue weighted by atomic mass is 9.98. The van der Waals surface area contributed by atoms with E-state index in [-0.39, 0.29) is 0 Å². The van der Waals surface area contributed by atoms with Crippen molar-refractivity contribution in [3.8, 4) is 0 Å². The Balaban J connectivity index is 2.17. The largest absolute Gasteiger partial charge is 0.390 e. The summed E-state index contributed by atoms with van der Waals surface area (Å²) in [5.41, 5.74) is 1.84. The van der Waals surface area contributed by atoms with Crippen molar-refractivity contribution in [3.63, 3.8) is 0 Å². The first kappa shape index (κ1) is 16.6. The molecule has 4 heteroatoms. The summed E-state index contributed by atoms with van der Waals surface area (Å²) in [5.74, 6) is 0. The average molecular weight is 311 g/mol. The Kier molecular flexibility index (Phi) is 5.91. The maximum Gasteiger partial charge on any atom is 0.0642 e. The molecule has 1 aliphatic rings. The number of nitrogens with one attached hydrogen (secondary N) is 1. The molecule has 1 aliphatic heterocycles. The number of hydrogen-bond acceptors (Lipinski definition) is 3. The van der Waals surface area contributed by atoms with Crippen LogP contribution in [0.15, 0.2) is 18.2 Å². The second-order valence-corrected chi connectivity index (χ2v) is 6.67. The summed E-state index contributed by atoms with van der Waals surface area (Å²) in [4.78, 5) is 2.34. The molecule has 2 N–H and O–H groups in total. The van der Waals surface area contributed by atoms with Crippen LogP contribution in [0.4, 0.5) is 5.69 Å². The molecule has 0 bridgehead atoms. The van der Waals surface area contributed by atoms with E-state index in [0.717, 1.165) is 62.6 Å². The lowest BCUT2D eigenvalue weighted by molar-refractivity contribution is 0.0481. The van der Waals surface area contributed by atoms with Gasteiger partial charge in [0.2, 0.25) is 0 Å². The Morgan fingerprint density at radius 2 is 2.14 bits per heavy atom. The van der Waals surface area contributed by atoms with Crippen molar-refractivity contribution in [3.05, 3.63) is 28.8 Å². The molecular weight excluding hydrogens is 284 g/mol. The predicted octanol–water partition coefficient (Wildman–Crippen LogP) is 3.58. The lowest BCUT2D eigenvalue weighted by Crippen LogP contribution is -2.29. The zero-order chi connectivity index (χ0) is 15.3. The zero-order valence-corrected chi connectivity index (χ0v) is 13.9. The van der Waals surface area contributed by atoms with Gasteiger partial charge in [-0.1, -0.05) is 30.7 Å². The number of halogens is 1. The van der Waals surface area contributed by atoms with Crippen LogP contribution in [-0.2, 0) is 6.54 Å². The van der Waals surface area contributed by atoms with Crippen LogP contribution in [0.25, 0.3) is 0 Å². The molecule has 1 aromatic rings. The van der Waals surface area contributed by atoms with Gasteiger partial charge in [0, 0.05) is 19.6 Å². The van der Waals surface area contributed by atoms with Gasteiger partial charge in [-0.2, -0.15) is 0 Å². The summed E-state index contributed by atoms with van der Waals surface area (Å²) in [6, 6.07) is 6.12. The zero-order valence-electron chi connectivity index (χ0n) is 13.2. The first-order valence-electron chi connectivity index (χ1n) is 7.99. The van der Waals surface area contributed by atoms with E-state index in [4.69, 9.17) is 11.6 Å². The first-order valence-corrected chi connectivity index (χ1v) is 8.37. The average Bonchev–Trinajstić information content (AvgIpc) is 2.60. The summed E-state index contributed by atoms with van der Waals surface area (Å²) in [6.45, 7) is 7.78. The quantitative estimate of drug-likeness (QED) is 0.816. The SMILES string of the molecule is CCCNCc1cccc(Cl)c1N1CCCC(C)(O)CC1. The number of aliphatic hydroxyl groups is 1. The Morgan fingerprint density at radius 1 is 1.33 bits per heavy atom. The van der Waals surface area contributed by atoms with E-state index in [1.54, 1.807) is 0 Å². The number of nitrogens with zero attached hydrogens (tertiary/aromatic N) is 1. The van der Waals surface area contributed by atoms with Gasteiger partial charge in [0.05, 0.1) is 16.3 Å². The highest BCUT2D eigenvalue weighted by molar-refractivity contribution is 6.33. The lowest BCUT2D eigenvalue weighted by Gasteiger charge is -2.27. The van der Waals surface area contributed by atoms with Crippen molar-refractivity contribution in [2.45, 2.75) is 51.7 Å². The number of benzene rings is 1. The molecule has 0 saturated carbocycles. The predicted molar refractivity (Wildman–Crippen MR) is 90.1 cm³/mol. The van der Waals surface area contributed by atoms with Gasteiger partial charge in [-0.25, -0.2) is 0 Å². The van der Waals surface area contributed by atoms with Crippen LogP contribution in [0.2, 0.25) is 5.02 Å². The van der Waals surface area contributed by atoms with E-state index in [2.05, 4.69) is 23.2 Å². The van der Waals surface area contributed by atoms with Crippen LogP contribution in [0.3, 0.4) is 0 Å². The van der Waals surface area contributed by atoms with E-state index < -0.39 is 5.60 Å². The minimum Gasteiger partial charge on any atom is -0.390 e. The first-order chi connectivity index (χ1) is 10.0. The van der Waals surface area contributed by atoms with Crippen molar-refractivity contribution >= 4 is 17.3 Å². The van der Waals surface area contributed by atoms with Crippen LogP contribution in [0.5, 0.6) is 0 Å². The van der Waals surface area contributed by atoms with Gasteiger partial charge in [-0.3, -0.25) is 0 Å². The molecule has 1 unspecified atom stereocenters. The van der Waals surface area contributed by atoms with E-state index >= 15 is 0 Å². The van der Waals surface area contributed by atoms with Crippen LogP contribution >= 0.6 is 11.6 Å². The molecule has 3 nitrogen and oxygen atoms in total. The van der Waals surface area contributed by atoms with Crippen molar-refractivity contribution in [1.29, 1.82) is 0 Å². The Bertz CT molecular complexity index is 462. The second kappa shape index (κ2) is 7.48. The second-order valence-electron chi connectivity index (χ2n) is 6.26. The summed E-state index contributed by atoms with van der Waals surface area (Å²) in [5, 5.41) is 14.5. The van der Waals surface area contributed by atoms with Crippen molar-refractivity contribution in [2.75, 3.05) is 24.5 Å². The van der Waals surface area contributed by atoms with Crippen LogP contribution < -0.4 is 10.2 Å². The normalized spacial score (nSPS) is 23.1. The van der Waals surface area contributed by atoms with Crippen LogP contribution in [-0.4, -0.2) is 30.3 Å². The van der Waals surface area contributed by atoms with Gasteiger partial charge in [0.1, 0.15) is 0 Å². The summed E-state index contributed by atoms with van der Waals surface area (Å²) >= 11 is 6.47. The molecule has 0 aromatic heterocycles. The highest BCUT2D eigenvalue weighted by Gasteiger charge is 2.26. The topological polar surface area (TPSA) is 35.5 Å². The smallest absolute Gasteiger partial charge is 0.0642 e. The van der Waals surface area contributed by atoms with Crippen molar-refractivity contribution in [2.24, 2.45) is 0 Å². The molecule has 2 rings (SSSR count). The highest BCUT2D eigenvalue weighted by Crippen LogP contribution is 2.33. The van der Waals surface area contributed by atoms with Gasteiger partial charge in [-0.05, 0) is 50.8 Å². The van der Waals surface area contributed by atoms with Gasteiger partial charge < -0.3 is 15.3 Å². The van der Waals surface area contributed by atoms with E-state index in [1.165, 1.54) is 5.56 Å². The molecule has 0 spiro atoms. The number of para-hydroxylation sites is 1. The molecule has 21 heavy (non-hydrogen) atoms. The molecule has 1 aromatic carbocycles. The standard InChI is InChI=1S/C17H27ClN2O/c1-3-10-19-13-14-6-4-7-15(18)16(14)20-11-5-8-17(2,21)9-12-20/h4,6-7,19,21H,3,5,8-13H2,1-2H3. The third-order valence-electron chi connectivity index (χ3n) is 4.19. The Labute approximate surface area is 133 Å². The molecule has 1 saturated heterocycles. The molecule has 118 valence electrons. The van der Waals surface area contributed by atoms with E-state index in [0.29, 0.717) is 0 Å². The third kappa shape index (κ3) is 4.60. The minimum atomic E-state index is -0.545. The molecule has 0 radical (unpaired) electrons. The van der Waals surface area contributed by atoms with Crippen molar-refractivity contribution < 1.29 is 5.11 Å². The molecule has 1 heterocycles. The monoisotopic (exact) mass is 310 g/mol. The maximum atomic E-state index is 10.3.